The van der Waals surface area contributed by atoms with Crippen molar-refractivity contribution in [2.45, 2.75) is 96.9 Å². The van der Waals surface area contributed by atoms with Crippen molar-refractivity contribution < 1.29 is 29.1 Å². The molecule has 2 atom stereocenters. The molecule has 3 aromatic carbocycles. The molecule has 274 valence electrons. The van der Waals surface area contributed by atoms with Gasteiger partial charge in [-0.25, -0.2) is 10.8 Å². The number of aromatic hydroxyl groups is 2. The number of benzene rings is 3. The highest BCUT2D eigenvalue weighted by molar-refractivity contribution is 6.47. The number of nitrogens with zero attached hydrogens (tertiary/aromatic N) is 2. The maximum atomic E-state index is 13.5. The molecule has 3 aromatic rings. The van der Waals surface area contributed by atoms with E-state index in [9.17, 15) is 15.0 Å². The first-order chi connectivity index (χ1) is 24.1. The van der Waals surface area contributed by atoms with Gasteiger partial charge in [-0.3, -0.25) is 4.79 Å². The van der Waals surface area contributed by atoms with Gasteiger partial charge >= 0.3 is 7.12 Å². The van der Waals surface area contributed by atoms with Crippen molar-refractivity contribution in [2.24, 2.45) is 16.8 Å². The molecule has 1 amide bonds. The average molecular weight is 700 g/mol. The van der Waals surface area contributed by atoms with Crippen LogP contribution in [-0.2, 0) is 14.9 Å². The lowest BCUT2D eigenvalue weighted by atomic mass is 9.74. The first-order valence-corrected chi connectivity index (χ1v) is 18.0. The Kier molecular flexibility index (Phi) is 11.7. The first kappa shape index (κ1) is 38.1. The fraction of sp³-hybridized carbons (Fsp3) is 0.487. The summed E-state index contributed by atoms with van der Waals surface area (Å²) in [6.45, 7) is 15.7. The average Bonchev–Trinajstić information content (AvgIpc) is 3.35. The van der Waals surface area contributed by atoms with Crippen LogP contribution in [0.4, 0.5) is 5.69 Å². The van der Waals surface area contributed by atoms with Crippen LogP contribution in [0.25, 0.3) is 0 Å². The lowest BCUT2D eigenvalue weighted by molar-refractivity contribution is -0.0133. The highest BCUT2D eigenvalue weighted by atomic mass is 16.7. The Morgan fingerprint density at radius 3 is 2.22 bits per heavy atom. The second kappa shape index (κ2) is 15.7. The Hall–Kier alpha value is -4.10. The number of likely N-dealkylation sites (tertiary alicyclic amines) is 1. The zero-order valence-electron chi connectivity index (χ0n) is 31.2. The fourth-order valence-corrected chi connectivity index (χ4v) is 6.88. The highest BCUT2D eigenvalue weighted by Gasteiger charge is 2.57. The van der Waals surface area contributed by atoms with Crippen LogP contribution >= 0.6 is 0 Å². The summed E-state index contributed by atoms with van der Waals surface area (Å²) in [5, 5.41) is 24.0. The maximum absolute atomic E-state index is 13.5. The van der Waals surface area contributed by atoms with Crippen molar-refractivity contribution in [2.75, 3.05) is 20.1 Å². The molecule has 12 heteroatoms. The number of ether oxygens (including phenoxy) is 1. The molecule has 2 fully saturated rings. The predicted octanol–water partition coefficient (Wildman–Crippen LogP) is 6.15. The molecule has 0 spiro atoms. The van der Waals surface area contributed by atoms with Gasteiger partial charge in [-0.2, -0.15) is 0 Å². The lowest BCUT2D eigenvalue weighted by Gasteiger charge is -2.37. The third-order valence-electron chi connectivity index (χ3n) is 10.3. The summed E-state index contributed by atoms with van der Waals surface area (Å²) in [5.74, 6) is 7.25. The summed E-state index contributed by atoms with van der Waals surface area (Å²) in [7, 11) is 1.57. The predicted molar refractivity (Wildman–Crippen MR) is 201 cm³/mol. The Morgan fingerprint density at radius 1 is 1.00 bits per heavy atom. The van der Waals surface area contributed by atoms with Gasteiger partial charge in [-0.1, -0.05) is 39.8 Å². The van der Waals surface area contributed by atoms with E-state index in [1.807, 2.05) is 74.3 Å². The van der Waals surface area contributed by atoms with Crippen LogP contribution in [0.1, 0.15) is 101 Å². The number of rotatable bonds is 11. The third kappa shape index (κ3) is 8.36. The van der Waals surface area contributed by atoms with E-state index in [2.05, 4.69) is 50.4 Å². The maximum Gasteiger partial charge on any atom is 0.476 e. The van der Waals surface area contributed by atoms with Crippen molar-refractivity contribution in [3.05, 3.63) is 82.9 Å². The Labute approximate surface area is 302 Å². The minimum absolute atomic E-state index is 0.00442. The molecule has 0 bridgehead atoms. The molecule has 2 saturated heterocycles. The van der Waals surface area contributed by atoms with E-state index in [0.29, 0.717) is 60.0 Å². The van der Waals surface area contributed by atoms with Gasteiger partial charge in [-0.15, -0.1) is 0 Å². The number of nitrogens with one attached hydrogen (secondary N) is 2. The van der Waals surface area contributed by atoms with Crippen LogP contribution in [0.3, 0.4) is 0 Å². The number of phenolic OH excluding ortho intramolecular Hbond substituents is 2. The largest absolute Gasteiger partial charge is 0.508 e. The van der Waals surface area contributed by atoms with Crippen LogP contribution in [0, 0.1) is 5.92 Å². The molecule has 0 radical (unpaired) electrons. The van der Waals surface area contributed by atoms with Crippen LogP contribution in [0.15, 0.2) is 65.7 Å². The van der Waals surface area contributed by atoms with E-state index in [1.54, 1.807) is 6.07 Å². The monoisotopic (exact) mass is 699 g/mol. The molecule has 2 heterocycles. The highest BCUT2D eigenvalue weighted by Crippen LogP contribution is 2.46. The van der Waals surface area contributed by atoms with Crippen molar-refractivity contribution in [3.63, 3.8) is 0 Å². The molecular weight excluding hydrogens is 645 g/mol. The summed E-state index contributed by atoms with van der Waals surface area (Å²) < 4.78 is 19.3. The fourth-order valence-electron chi connectivity index (χ4n) is 6.88. The molecule has 51 heavy (non-hydrogen) atoms. The van der Waals surface area contributed by atoms with Crippen molar-refractivity contribution >= 4 is 24.5 Å². The van der Waals surface area contributed by atoms with Gasteiger partial charge in [0.15, 0.2) is 5.84 Å². The van der Waals surface area contributed by atoms with Gasteiger partial charge in [0.05, 0.1) is 16.9 Å². The molecule has 6 N–H and O–H groups in total. The van der Waals surface area contributed by atoms with E-state index >= 15 is 0 Å². The van der Waals surface area contributed by atoms with E-state index in [0.717, 1.165) is 12.0 Å². The minimum atomic E-state index is -0.678. The number of carbonyl (C=O) groups is 1. The second-order valence-corrected chi connectivity index (χ2v) is 15.0. The molecular formula is C39H54BN5O6. The van der Waals surface area contributed by atoms with E-state index < -0.39 is 11.2 Å². The van der Waals surface area contributed by atoms with Gasteiger partial charge in [0.2, 0.25) is 0 Å². The Bertz CT molecular complexity index is 1690. The van der Waals surface area contributed by atoms with Crippen molar-refractivity contribution in [3.8, 4) is 17.2 Å². The van der Waals surface area contributed by atoms with Crippen LogP contribution < -0.4 is 21.3 Å². The lowest BCUT2D eigenvalue weighted by Crippen LogP contribution is -2.44. The molecule has 11 nitrogen and oxygen atoms in total. The summed E-state index contributed by atoms with van der Waals surface area (Å²) in [6.07, 6.45) is 2.34. The van der Waals surface area contributed by atoms with E-state index in [-0.39, 0.29) is 48.3 Å². The topological polar surface area (TPSA) is 151 Å². The number of hydrogen-bond acceptors (Lipinski definition) is 9. The van der Waals surface area contributed by atoms with Crippen molar-refractivity contribution in [1.29, 1.82) is 0 Å². The summed E-state index contributed by atoms with van der Waals surface area (Å²) in [4.78, 5) is 20.0. The Morgan fingerprint density at radius 2 is 1.65 bits per heavy atom. The summed E-state index contributed by atoms with van der Waals surface area (Å²) >= 11 is 0. The van der Waals surface area contributed by atoms with Crippen molar-refractivity contribution in [1.82, 2.24) is 15.6 Å². The summed E-state index contributed by atoms with van der Waals surface area (Å²) in [6, 6.07) is 18.1. The normalized spacial score (nSPS) is 20.3. The molecule has 2 aliphatic heterocycles. The van der Waals surface area contributed by atoms with Gasteiger partial charge in [0.1, 0.15) is 29.0 Å². The van der Waals surface area contributed by atoms with Gasteiger partial charge in [0.25, 0.3) is 5.91 Å². The van der Waals surface area contributed by atoms with E-state index in [1.165, 1.54) is 6.07 Å². The number of amides is 1. The van der Waals surface area contributed by atoms with Gasteiger partial charge in [0, 0.05) is 43.5 Å². The van der Waals surface area contributed by atoms with E-state index in [4.69, 9.17) is 19.9 Å². The number of hydrogen-bond donors (Lipinski definition) is 5. The van der Waals surface area contributed by atoms with Crippen LogP contribution in [0.2, 0.25) is 0 Å². The van der Waals surface area contributed by atoms with Crippen LogP contribution in [0.5, 0.6) is 17.2 Å². The quantitative estimate of drug-likeness (QED) is 0.0522. The van der Waals surface area contributed by atoms with Crippen LogP contribution in [-0.4, -0.2) is 71.8 Å². The van der Waals surface area contributed by atoms with Gasteiger partial charge < -0.3 is 39.9 Å². The molecule has 5 rings (SSSR count). The standard InChI is InChI=1S/C39H54BN5O6/c1-24(2)21-35(42-8)40-50-38(5,6)39(7,51-40)27-11-9-26(10-12-27)37(48)45-19-17-30(18-20-45)49-29-15-13-28(14-16-29)43-36(44-41)32-22-31(25(3)4)33(46)23-34(32)47/h9-16,22-25,30,35,42,46-47H,17-21,41H2,1-8H3,(H,43,44). The summed E-state index contributed by atoms with van der Waals surface area (Å²) in [5.41, 5.74) is 4.62. The van der Waals surface area contributed by atoms with Gasteiger partial charge in [-0.05, 0) is 99.7 Å². The molecule has 0 aromatic heterocycles. The zero-order chi connectivity index (χ0) is 37.1. The molecule has 0 aliphatic carbocycles. The number of aliphatic imine (C=N–C) groups is 1. The number of phenols is 2. The molecule has 0 saturated carbocycles. The number of hydrazine groups is 1. The molecule has 2 aliphatic rings. The number of piperidine rings is 1. The number of carbonyl (C=O) groups excluding carboxylic acids is 1. The molecule has 2 unspecified atom stereocenters. The Balaban J connectivity index is 1.17. The number of amidine groups is 1. The number of nitrogens with two attached hydrogens (primary N) is 1. The third-order valence-corrected chi connectivity index (χ3v) is 10.3. The second-order valence-electron chi connectivity index (χ2n) is 15.0. The SMILES string of the molecule is CNC(CC(C)C)B1OC(C)(C)C(C)(c2ccc(C(=O)N3CCC(Oc4ccc(N=C(NN)c5cc(C(C)C)c(O)cc5O)cc4)CC3)cc2)O1. The first-order valence-electron chi connectivity index (χ1n) is 18.0. The zero-order valence-corrected chi connectivity index (χ0v) is 31.2. The smallest absolute Gasteiger partial charge is 0.476 e. The minimum Gasteiger partial charge on any atom is -0.508 e.